The van der Waals surface area contributed by atoms with Crippen molar-refractivity contribution in [2.75, 3.05) is 13.1 Å². The third-order valence-electron chi connectivity index (χ3n) is 2.90. The topological polar surface area (TPSA) is 41.1 Å². The monoisotopic (exact) mass is 204 g/mol. The third kappa shape index (κ3) is 2.18. The molecule has 2 N–H and O–H groups in total. The van der Waals surface area contributed by atoms with Crippen LogP contribution in [0.1, 0.15) is 18.4 Å². The summed E-state index contributed by atoms with van der Waals surface area (Å²) in [5, 5.41) is 6.14. The smallest absolute Gasteiger partial charge is 0.237 e. The average Bonchev–Trinajstić information content (AvgIpc) is 2.30. The molecule has 3 nitrogen and oxygen atoms in total. The Labute approximate surface area is 89.9 Å². The molecule has 0 bridgehead atoms. The zero-order valence-electron chi connectivity index (χ0n) is 8.86. The highest BCUT2D eigenvalue weighted by Gasteiger charge is 2.27. The number of nitrogens with one attached hydrogen (secondary N) is 2. The maximum atomic E-state index is 11.6. The molecule has 1 amide bonds. The van der Waals surface area contributed by atoms with Gasteiger partial charge in [-0.3, -0.25) is 4.79 Å². The van der Waals surface area contributed by atoms with Gasteiger partial charge in [0.05, 0.1) is 6.04 Å². The van der Waals surface area contributed by atoms with Crippen molar-refractivity contribution in [3.8, 4) is 0 Å². The zero-order valence-corrected chi connectivity index (χ0v) is 8.86. The largest absolute Gasteiger partial charge is 0.353 e. The van der Waals surface area contributed by atoms with E-state index in [0.717, 1.165) is 13.1 Å². The molecule has 1 saturated heterocycles. The average molecular weight is 204 g/mol. The van der Waals surface area contributed by atoms with E-state index in [2.05, 4.69) is 29.7 Å². The van der Waals surface area contributed by atoms with Crippen molar-refractivity contribution in [3.63, 3.8) is 0 Å². The Morgan fingerprint density at radius 1 is 1.27 bits per heavy atom. The third-order valence-corrected chi connectivity index (χ3v) is 2.90. The van der Waals surface area contributed by atoms with Crippen molar-refractivity contribution < 1.29 is 4.79 Å². The fraction of sp³-hybridized carbons (Fsp3) is 0.417. The van der Waals surface area contributed by atoms with Crippen LogP contribution < -0.4 is 10.6 Å². The molecule has 2 unspecified atom stereocenters. The van der Waals surface area contributed by atoms with Gasteiger partial charge in [0, 0.05) is 19.0 Å². The summed E-state index contributed by atoms with van der Waals surface area (Å²) in [5.74, 6) is 0.323. The molecule has 1 aliphatic heterocycles. The van der Waals surface area contributed by atoms with Gasteiger partial charge in [0.1, 0.15) is 0 Å². The molecule has 0 spiro atoms. The number of piperazine rings is 1. The lowest BCUT2D eigenvalue weighted by Gasteiger charge is -2.28. The number of benzene rings is 1. The summed E-state index contributed by atoms with van der Waals surface area (Å²) in [6.07, 6.45) is 0. The van der Waals surface area contributed by atoms with Crippen molar-refractivity contribution in [3.05, 3.63) is 35.9 Å². The minimum atomic E-state index is -0.0962. The molecule has 0 aliphatic carbocycles. The van der Waals surface area contributed by atoms with Crippen LogP contribution in [0.2, 0.25) is 0 Å². The van der Waals surface area contributed by atoms with Gasteiger partial charge in [0.15, 0.2) is 0 Å². The Balaban J connectivity index is 2.13. The molecular weight excluding hydrogens is 188 g/mol. The lowest BCUT2D eigenvalue weighted by Crippen LogP contribution is -2.54. The van der Waals surface area contributed by atoms with Crippen molar-refractivity contribution in [2.24, 2.45) is 0 Å². The van der Waals surface area contributed by atoms with Crippen molar-refractivity contribution >= 4 is 5.91 Å². The van der Waals surface area contributed by atoms with Gasteiger partial charge in [-0.05, 0) is 5.56 Å². The van der Waals surface area contributed by atoms with Gasteiger partial charge in [-0.15, -0.1) is 0 Å². The number of hydrogen-bond acceptors (Lipinski definition) is 2. The van der Waals surface area contributed by atoms with Gasteiger partial charge in [-0.2, -0.15) is 0 Å². The molecule has 1 aromatic carbocycles. The van der Waals surface area contributed by atoms with Crippen molar-refractivity contribution in [1.82, 2.24) is 10.6 Å². The number of amides is 1. The second kappa shape index (κ2) is 4.45. The molecule has 2 rings (SSSR count). The van der Waals surface area contributed by atoms with Crippen LogP contribution in [0, 0.1) is 0 Å². The predicted molar refractivity (Wildman–Crippen MR) is 59.7 cm³/mol. The Bertz CT molecular complexity index is 337. The van der Waals surface area contributed by atoms with Crippen LogP contribution in [-0.4, -0.2) is 25.0 Å². The summed E-state index contributed by atoms with van der Waals surface area (Å²) in [7, 11) is 0. The fourth-order valence-electron chi connectivity index (χ4n) is 1.97. The van der Waals surface area contributed by atoms with E-state index in [1.807, 2.05) is 18.2 Å². The van der Waals surface area contributed by atoms with Crippen molar-refractivity contribution in [1.29, 1.82) is 0 Å². The van der Waals surface area contributed by atoms with E-state index in [9.17, 15) is 4.79 Å². The van der Waals surface area contributed by atoms with E-state index in [1.54, 1.807) is 0 Å². The van der Waals surface area contributed by atoms with Crippen LogP contribution in [0.3, 0.4) is 0 Å². The second-order valence-corrected chi connectivity index (χ2v) is 3.92. The van der Waals surface area contributed by atoms with Gasteiger partial charge in [0.2, 0.25) is 5.91 Å². The molecular formula is C12H16N2O. The number of rotatable bonds is 2. The maximum absolute atomic E-state index is 11.6. The highest BCUT2D eigenvalue weighted by atomic mass is 16.2. The first kappa shape index (κ1) is 10.2. The highest BCUT2D eigenvalue weighted by Crippen LogP contribution is 2.19. The summed E-state index contributed by atoms with van der Waals surface area (Å²) in [6.45, 7) is 3.67. The first-order chi connectivity index (χ1) is 7.29. The summed E-state index contributed by atoms with van der Waals surface area (Å²) < 4.78 is 0. The summed E-state index contributed by atoms with van der Waals surface area (Å²) in [4.78, 5) is 11.6. The molecule has 2 atom stereocenters. The van der Waals surface area contributed by atoms with Crippen LogP contribution in [0.25, 0.3) is 0 Å². The molecule has 0 aromatic heterocycles. The van der Waals surface area contributed by atoms with E-state index < -0.39 is 0 Å². The minimum Gasteiger partial charge on any atom is -0.353 e. The van der Waals surface area contributed by atoms with Gasteiger partial charge in [-0.1, -0.05) is 37.3 Å². The van der Waals surface area contributed by atoms with Crippen molar-refractivity contribution in [2.45, 2.75) is 18.9 Å². The summed E-state index contributed by atoms with van der Waals surface area (Å²) >= 11 is 0. The van der Waals surface area contributed by atoms with Crippen LogP contribution in [0.4, 0.5) is 0 Å². The molecule has 0 saturated carbocycles. The molecule has 80 valence electrons. The van der Waals surface area contributed by atoms with Crippen LogP contribution >= 0.6 is 0 Å². The Hall–Kier alpha value is -1.35. The minimum absolute atomic E-state index is 0.0962. The molecule has 1 heterocycles. The van der Waals surface area contributed by atoms with E-state index >= 15 is 0 Å². The van der Waals surface area contributed by atoms with Gasteiger partial charge in [0.25, 0.3) is 0 Å². The second-order valence-electron chi connectivity index (χ2n) is 3.92. The Morgan fingerprint density at radius 2 is 2.00 bits per heavy atom. The molecule has 1 aromatic rings. The number of carbonyl (C=O) groups is 1. The number of carbonyl (C=O) groups excluding carboxylic acids is 1. The lowest BCUT2D eigenvalue weighted by molar-refractivity contribution is -0.124. The van der Waals surface area contributed by atoms with E-state index in [-0.39, 0.29) is 17.9 Å². The SMILES string of the molecule is CC(c1ccccc1)C1NCCNC1=O. The van der Waals surface area contributed by atoms with E-state index in [1.165, 1.54) is 5.56 Å². The highest BCUT2D eigenvalue weighted by molar-refractivity contribution is 5.83. The van der Waals surface area contributed by atoms with Crippen LogP contribution in [0.5, 0.6) is 0 Å². The zero-order chi connectivity index (χ0) is 10.7. The van der Waals surface area contributed by atoms with Crippen LogP contribution in [0.15, 0.2) is 30.3 Å². The summed E-state index contributed by atoms with van der Waals surface area (Å²) in [6, 6.07) is 10.0. The molecule has 0 radical (unpaired) electrons. The van der Waals surface area contributed by atoms with Gasteiger partial charge >= 0.3 is 0 Å². The van der Waals surface area contributed by atoms with Gasteiger partial charge < -0.3 is 10.6 Å². The fourth-order valence-corrected chi connectivity index (χ4v) is 1.97. The van der Waals surface area contributed by atoms with Crippen LogP contribution in [-0.2, 0) is 4.79 Å². The molecule has 1 fully saturated rings. The first-order valence-corrected chi connectivity index (χ1v) is 5.35. The molecule has 15 heavy (non-hydrogen) atoms. The van der Waals surface area contributed by atoms with E-state index in [0.29, 0.717) is 0 Å². The Kier molecular flexibility index (Phi) is 3.02. The quantitative estimate of drug-likeness (QED) is 0.750. The number of hydrogen-bond donors (Lipinski definition) is 2. The maximum Gasteiger partial charge on any atom is 0.237 e. The normalized spacial score (nSPS) is 23.3. The first-order valence-electron chi connectivity index (χ1n) is 5.35. The van der Waals surface area contributed by atoms with Gasteiger partial charge in [-0.25, -0.2) is 0 Å². The molecule has 1 aliphatic rings. The standard InChI is InChI=1S/C12H16N2O/c1-9(10-5-3-2-4-6-10)11-12(15)14-8-7-13-11/h2-6,9,11,13H,7-8H2,1H3,(H,14,15). The summed E-state index contributed by atoms with van der Waals surface area (Å²) in [5.41, 5.74) is 1.20. The predicted octanol–water partition coefficient (Wildman–Crippen LogP) is 0.878. The van der Waals surface area contributed by atoms with E-state index in [4.69, 9.17) is 0 Å². The lowest BCUT2D eigenvalue weighted by atomic mass is 9.92. The Morgan fingerprint density at radius 3 is 2.67 bits per heavy atom. The molecule has 3 heteroatoms.